The van der Waals surface area contributed by atoms with Crippen LogP contribution in [0.3, 0.4) is 0 Å². The number of aromatic nitrogens is 3. The summed E-state index contributed by atoms with van der Waals surface area (Å²) in [7, 11) is 0. The average Bonchev–Trinajstić information content (AvgIpc) is 3.15. The molecule has 4 rings (SSSR count). The predicted octanol–water partition coefficient (Wildman–Crippen LogP) is 4.75. The molecule has 2 aromatic heterocycles. The quantitative estimate of drug-likeness (QED) is 0.705. The third-order valence-corrected chi connectivity index (χ3v) is 6.73. The number of rotatable bonds is 4. The van der Waals surface area contributed by atoms with Gasteiger partial charge in [-0.15, -0.1) is 5.10 Å². The number of nitrogens with zero attached hydrogens (tertiary/aromatic N) is 4. The summed E-state index contributed by atoms with van der Waals surface area (Å²) in [6.45, 7) is 10.7. The first-order valence-electron chi connectivity index (χ1n) is 9.83. The molecule has 0 amide bonds. The second-order valence-corrected chi connectivity index (χ2v) is 9.09. The lowest BCUT2D eigenvalue weighted by atomic mass is 9.94. The second kappa shape index (κ2) is 7.24. The van der Waals surface area contributed by atoms with Gasteiger partial charge in [-0.1, -0.05) is 56.4 Å². The number of hydrogen-bond acceptors (Lipinski definition) is 5. The van der Waals surface area contributed by atoms with Gasteiger partial charge in [0.1, 0.15) is 5.82 Å². The third-order valence-electron chi connectivity index (χ3n) is 5.66. The Labute approximate surface area is 164 Å². The van der Waals surface area contributed by atoms with Gasteiger partial charge in [0.25, 0.3) is 0 Å². The SMILES string of the molecule is Cc1nc2sc([C@H](c3ccc(C(C)C)cc3)N3CCC(C)CC3)c(O)n2n1. The molecule has 1 saturated heterocycles. The molecule has 0 radical (unpaired) electrons. The summed E-state index contributed by atoms with van der Waals surface area (Å²) in [5, 5.41) is 15.3. The first-order valence-corrected chi connectivity index (χ1v) is 10.6. The number of likely N-dealkylation sites (tertiary alicyclic amines) is 1. The summed E-state index contributed by atoms with van der Waals surface area (Å²) < 4.78 is 1.58. The summed E-state index contributed by atoms with van der Waals surface area (Å²) in [5.74, 6) is 2.20. The minimum absolute atomic E-state index is 0.0486. The number of benzene rings is 1. The summed E-state index contributed by atoms with van der Waals surface area (Å²) >= 11 is 1.55. The Morgan fingerprint density at radius 3 is 2.33 bits per heavy atom. The first kappa shape index (κ1) is 18.4. The molecule has 1 N–H and O–H groups in total. The molecule has 1 aliphatic heterocycles. The summed E-state index contributed by atoms with van der Waals surface area (Å²) in [6.07, 6.45) is 2.39. The van der Waals surface area contributed by atoms with E-state index in [4.69, 9.17) is 0 Å². The Balaban J connectivity index is 1.77. The maximum Gasteiger partial charge on any atom is 0.230 e. The molecule has 0 aliphatic carbocycles. The van der Waals surface area contributed by atoms with Gasteiger partial charge in [-0.3, -0.25) is 4.90 Å². The van der Waals surface area contributed by atoms with Crippen LogP contribution in [0.25, 0.3) is 4.96 Å². The molecular weight excluding hydrogens is 356 g/mol. The van der Waals surface area contributed by atoms with Crippen LogP contribution in [0.5, 0.6) is 5.88 Å². The van der Waals surface area contributed by atoms with Crippen LogP contribution in [0.4, 0.5) is 0 Å². The van der Waals surface area contributed by atoms with Gasteiger partial charge in [-0.2, -0.15) is 4.52 Å². The Morgan fingerprint density at radius 2 is 1.74 bits per heavy atom. The van der Waals surface area contributed by atoms with E-state index in [1.165, 1.54) is 24.0 Å². The van der Waals surface area contributed by atoms with E-state index < -0.39 is 0 Å². The molecule has 144 valence electrons. The molecule has 0 unspecified atom stereocenters. The van der Waals surface area contributed by atoms with Gasteiger partial charge >= 0.3 is 0 Å². The Bertz CT molecular complexity index is 920. The summed E-state index contributed by atoms with van der Waals surface area (Å²) in [5.41, 5.74) is 2.57. The van der Waals surface area contributed by atoms with Crippen molar-refractivity contribution in [1.29, 1.82) is 0 Å². The normalized spacial score (nSPS) is 17.8. The molecule has 0 bridgehead atoms. The standard InChI is InChI=1S/C21H28N4OS/c1-13(2)16-5-7-17(8-6-16)18(24-11-9-14(3)10-12-24)19-20(26)25-21(27-19)22-15(4)23-25/h5-8,13-14,18,26H,9-12H2,1-4H3/t18-/m0/s1. The average molecular weight is 385 g/mol. The number of aromatic hydroxyl groups is 1. The minimum atomic E-state index is 0.0486. The summed E-state index contributed by atoms with van der Waals surface area (Å²) in [6, 6.07) is 8.93. The van der Waals surface area contributed by atoms with Crippen molar-refractivity contribution >= 4 is 16.3 Å². The molecule has 27 heavy (non-hydrogen) atoms. The highest BCUT2D eigenvalue weighted by Gasteiger charge is 2.31. The first-order chi connectivity index (χ1) is 12.9. The van der Waals surface area contributed by atoms with Crippen LogP contribution in [0.1, 0.15) is 67.4 Å². The van der Waals surface area contributed by atoms with Crippen LogP contribution in [0.2, 0.25) is 0 Å². The topological polar surface area (TPSA) is 53.7 Å². The van der Waals surface area contributed by atoms with Gasteiger partial charge in [0.05, 0.1) is 10.9 Å². The Kier molecular flexibility index (Phi) is 4.95. The highest BCUT2D eigenvalue weighted by atomic mass is 32.1. The van der Waals surface area contributed by atoms with E-state index in [0.29, 0.717) is 11.7 Å². The fraction of sp³-hybridized carbons (Fsp3) is 0.524. The highest BCUT2D eigenvalue weighted by Crippen LogP contribution is 2.41. The predicted molar refractivity (Wildman–Crippen MR) is 110 cm³/mol. The van der Waals surface area contributed by atoms with Crippen molar-refractivity contribution in [2.45, 2.75) is 52.5 Å². The lowest BCUT2D eigenvalue weighted by Gasteiger charge is -2.36. The third kappa shape index (κ3) is 3.48. The zero-order valence-corrected chi connectivity index (χ0v) is 17.3. The van der Waals surface area contributed by atoms with Gasteiger partial charge < -0.3 is 5.11 Å². The van der Waals surface area contributed by atoms with Crippen molar-refractivity contribution in [1.82, 2.24) is 19.5 Å². The van der Waals surface area contributed by atoms with Gasteiger partial charge in [-0.05, 0) is 55.8 Å². The molecule has 0 saturated carbocycles. The Morgan fingerprint density at radius 1 is 1.11 bits per heavy atom. The van der Waals surface area contributed by atoms with Crippen LogP contribution in [0.15, 0.2) is 24.3 Å². The van der Waals surface area contributed by atoms with Crippen molar-refractivity contribution in [3.63, 3.8) is 0 Å². The minimum Gasteiger partial charge on any atom is -0.492 e. The van der Waals surface area contributed by atoms with E-state index in [0.717, 1.165) is 28.8 Å². The molecule has 5 nitrogen and oxygen atoms in total. The zero-order valence-electron chi connectivity index (χ0n) is 16.5. The molecule has 3 aromatic rings. The van der Waals surface area contributed by atoms with E-state index in [2.05, 4.69) is 60.0 Å². The zero-order chi connectivity index (χ0) is 19.1. The number of hydrogen-bond donors (Lipinski definition) is 1. The van der Waals surface area contributed by atoms with Crippen LogP contribution >= 0.6 is 11.3 Å². The lowest BCUT2D eigenvalue weighted by molar-refractivity contribution is 0.157. The number of piperidine rings is 1. The lowest BCUT2D eigenvalue weighted by Crippen LogP contribution is -2.36. The van der Waals surface area contributed by atoms with Gasteiger partial charge in [0, 0.05) is 0 Å². The van der Waals surface area contributed by atoms with E-state index in [1.807, 2.05) is 6.92 Å². The molecule has 1 atom stereocenters. The van der Waals surface area contributed by atoms with Crippen molar-refractivity contribution in [2.24, 2.45) is 5.92 Å². The van der Waals surface area contributed by atoms with Crippen LogP contribution in [-0.4, -0.2) is 37.7 Å². The molecule has 1 fully saturated rings. The maximum absolute atomic E-state index is 10.9. The van der Waals surface area contributed by atoms with Crippen molar-refractivity contribution < 1.29 is 5.11 Å². The number of fused-ring (bicyclic) bond motifs is 1. The smallest absolute Gasteiger partial charge is 0.230 e. The summed E-state index contributed by atoms with van der Waals surface area (Å²) in [4.78, 5) is 8.66. The van der Waals surface area contributed by atoms with Crippen LogP contribution in [-0.2, 0) is 0 Å². The molecule has 3 heterocycles. The van der Waals surface area contributed by atoms with E-state index >= 15 is 0 Å². The maximum atomic E-state index is 10.9. The Hall–Kier alpha value is -1.92. The van der Waals surface area contributed by atoms with Crippen molar-refractivity contribution in [3.8, 4) is 5.88 Å². The largest absolute Gasteiger partial charge is 0.492 e. The molecule has 1 aliphatic rings. The molecule has 0 spiro atoms. The highest BCUT2D eigenvalue weighted by molar-refractivity contribution is 7.17. The molecule has 1 aromatic carbocycles. The fourth-order valence-electron chi connectivity index (χ4n) is 3.90. The number of aryl methyl sites for hydroxylation is 1. The van der Waals surface area contributed by atoms with Gasteiger partial charge in [0.15, 0.2) is 0 Å². The van der Waals surface area contributed by atoms with E-state index in [9.17, 15) is 5.11 Å². The van der Waals surface area contributed by atoms with Crippen LogP contribution in [0, 0.1) is 12.8 Å². The fourth-order valence-corrected chi connectivity index (χ4v) is 5.07. The monoisotopic (exact) mass is 384 g/mol. The number of thiazole rings is 1. The van der Waals surface area contributed by atoms with Gasteiger partial charge in [-0.25, -0.2) is 4.98 Å². The van der Waals surface area contributed by atoms with Crippen molar-refractivity contribution in [3.05, 3.63) is 46.1 Å². The van der Waals surface area contributed by atoms with Crippen molar-refractivity contribution in [2.75, 3.05) is 13.1 Å². The molecular formula is C21H28N4OS. The molecule has 6 heteroatoms. The second-order valence-electron chi connectivity index (χ2n) is 8.09. The van der Waals surface area contributed by atoms with E-state index in [-0.39, 0.29) is 11.9 Å². The van der Waals surface area contributed by atoms with Gasteiger partial charge in [0.2, 0.25) is 10.8 Å². The van der Waals surface area contributed by atoms with E-state index in [1.54, 1.807) is 15.9 Å². The van der Waals surface area contributed by atoms with Crippen LogP contribution < -0.4 is 0 Å².